The lowest BCUT2D eigenvalue weighted by molar-refractivity contribution is -0.960. The fourth-order valence-electron chi connectivity index (χ4n) is 3.27. The number of hydrogen-bond donors (Lipinski definition) is 0. The molecule has 0 aliphatic rings. The van der Waals surface area contributed by atoms with Crippen LogP contribution in [0.3, 0.4) is 0 Å². The van der Waals surface area contributed by atoms with Gasteiger partial charge >= 0.3 is 24.7 Å². The van der Waals surface area contributed by atoms with Crippen LogP contribution in [0.2, 0.25) is 0 Å². The fraction of sp³-hybridized carbons (Fsp3) is 1.00. The Labute approximate surface area is 141 Å². The number of halogens is 12. The summed E-state index contributed by atoms with van der Waals surface area (Å²) in [6.45, 7) is 0.532. The minimum atomic E-state index is -6.35. The van der Waals surface area contributed by atoms with Gasteiger partial charge < -0.3 is 4.48 Å². The highest BCUT2D eigenvalue weighted by atomic mass is 19.4. The first-order valence-electron chi connectivity index (χ1n) is 7.42. The Kier molecular flexibility index (Phi) is 7.37. The molecule has 0 amide bonds. The van der Waals surface area contributed by atoms with Crippen molar-refractivity contribution in [3.8, 4) is 0 Å². The van der Waals surface area contributed by atoms with Crippen LogP contribution in [0.5, 0.6) is 0 Å². The molecule has 0 aliphatic heterocycles. The molecular weight excluding hydrogens is 398 g/mol. The van der Waals surface area contributed by atoms with E-state index in [4.69, 9.17) is 0 Å². The third-order valence-electron chi connectivity index (χ3n) is 4.62. The molecule has 0 radical (unpaired) electrons. The highest BCUT2D eigenvalue weighted by Gasteiger charge is 2.75. The summed E-state index contributed by atoms with van der Waals surface area (Å²) in [6, 6.07) is -3.85. The van der Waals surface area contributed by atoms with Crippen LogP contribution in [-0.2, 0) is 0 Å². The van der Waals surface area contributed by atoms with Gasteiger partial charge in [-0.1, -0.05) is 0 Å². The summed E-state index contributed by atoms with van der Waals surface area (Å²) in [6.07, 6.45) is -25.4. The molecule has 26 heavy (non-hydrogen) atoms. The van der Waals surface area contributed by atoms with Crippen LogP contribution in [0.25, 0.3) is 0 Å². The van der Waals surface area contributed by atoms with E-state index in [1.165, 1.54) is 0 Å². The molecule has 0 aromatic carbocycles. The predicted molar refractivity (Wildman–Crippen MR) is 66.9 cm³/mol. The third kappa shape index (κ3) is 5.32. The molecule has 1 nitrogen and oxygen atoms in total. The van der Waals surface area contributed by atoms with Crippen LogP contribution in [-0.4, -0.2) is 54.9 Å². The molecule has 0 saturated heterocycles. The second-order valence-electron chi connectivity index (χ2n) is 5.78. The van der Waals surface area contributed by atoms with E-state index in [2.05, 4.69) is 0 Å². The van der Waals surface area contributed by atoms with Crippen molar-refractivity contribution in [1.82, 2.24) is 0 Å². The van der Waals surface area contributed by atoms with E-state index in [1.54, 1.807) is 0 Å². The first kappa shape index (κ1) is 25.1. The van der Waals surface area contributed by atoms with Gasteiger partial charge in [-0.2, -0.15) is 52.7 Å². The zero-order valence-corrected chi connectivity index (χ0v) is 13.8. The summed E-state index contributed by atoms with van der Waals surface area (Å²) in [5, 5.41) is 0. The van der Waals surface area contributed by atoms with Crippen molar-refractivity contribution in [1.29, 1.82) is 0 Å². The SMILES string of the molecule is CC[N+](CC)(CC)C(C(C(F)(F)F)C(F)(F)F)C(C(F)(F)F)C(F)(F)F. The lowest BCUT2D eigenvalue weighted by atomic mass is 9.82. The maximum atomic E-state index is 13.1. The lowest BCUT2D eigenvalue weighted by Crippen LogP contribution is -2.69. The molecule has 0 unspecified atom stereocenters. The summed E-state index contributed by atoms with van der Waals surface area (Å²) < 4.78 is 155. The van der Waals surface area contributed by atoms with Gasteiger partial charge in [0.05, 0.1) is 19.6 Å². The van der Waals surface area contributed by atoms with Gasteiger partial charge in [-0.3, -0.25) is 0 Å². The average molecular weight is 416 g/mol. The Balaban J connectivity index is 7.01. The van der Waals surface area contributed by atoms with Crippen molar-refractivity contribution >= 4 is 0 Å². The van der Waals surface area contributed by atoms with E-state index in [-0.39, 0.29) is 0 Å². The third-order valence-corrected chi connectivity index (χ3v) is 4.62. The Morgan fingerprint density at radius 1 is 0.500 bits per heavy atom. The second kappa shape index (κ2) is 7.63. The molecule has 158 valence electrons. The van der Waals surface area contributed by atoms with E-state index in [0.717, 1.165) is 20.8 Å². The van der Waals surface area contributed by atoms with Gasteiger partial charge in [0.25, 0.3) is 0 Å². The quantitative estimate of drug-likeness (QED) is 0.384. The molecule has 0 N–H and O–H groups in total. The van der Waals surface area contributed by atoms with Crippen molar-refractivity contribution in [2.24, 2.45) is 11.8 Å². The number of quaternary nitrogens is 1. The average Bonchev–Trinajstić information content (AvgIpc) is 2.34. The van der Waals surface area contributed by atoms with Crippen LogP contribution >= 0.6 is 0 Å². The number of alkyl halides is 12. The van der Waals surface area contributed by atoms with Crippen LogP contribution in [0.1, 0.15) is 20.8 Å². The van der Waals surface area contributed by atoms with Crippen molar-refractivity contribution < 1.29 is 57.2 Å². The van der Waals surface area contributed by atoms with Gasteiger partial charge in [-0.25, -0.2) is 0 Å². The first-order chi connectivity index (χ1) is 11.3. The van der Waals surface area contributed by atoms with Crippen LogP contribution < -0.4 is 0 Å². The normalized spacial score (nSPS) is 15.5. The van der Waals surface area contributed by atoms with Gasteiger partial charge in [-0.05, 0) is 20.8 Å². The van der Waals surface area contributed by atoms with Gasteiger partial charge in [-0.15, -0.1) is 0 Å². The summed E-state index contributed by atoms with van der Waals surface area (Å²) in [5.41, 5.74) is 0. The molecule has 0 spiro atoms. The number of rotatable bonds is 6. The Bertz CT molecular complexity index is 372. The summed E-state index contributed by atoms with van der Waals surface area (Å²) in [5.74, 6) is -9.58. The van der Waals surface area contributed by atoms with Crippen molar-refractivity contribution in [3.05, 3.63) is 0 Å². The van der Waals surface area contributed by atoms with E-state index in [9.17, 15) is 52.7 Å². The molecule has 0 bridgehead atoms. The first-order valence-corrected chi connectivity index (χ1v) is 7.42. The Morgan fingerprint density at radius 3 is 0.808 bits per heavy atom. The zero-order chi connectivity index (χ0) is 21.4. The monoisotopic (exact) mass is 416 g/mol. The summed E-state index contributed by atoms with van der Waals surface area (Å²) in [7, 11) is 0. The highest BCUT2D eigenvalue weighted by Crippen LogP contribution is 2.53. The molecule has 0 aliphatic carbocycles. The topological polar surface area (TPSA) is 0 Å². The maximum Gasteiger partial charge on any atom is 0.406 e. The number of nitrogens with zero attached hydrogens (tertiary/aromatic N) is 1. The van der Waals surface area contributed by atoms with E-state index in [1.807, 2.05) is 0 Å². The van der Waals surface area contributed by atoms with Gasteiger partial charge in [0, 0.05) is 0 Å². The second-order valence-corrected chi connectivity index (χ2v) is 5.78. The highest BCUT2D eigenvalue weighted by molar-refractivity contribution is 4.94. The maximum absolute atomic E-state index is 13.1. The van der Waals surface area contributed by atoms with Crippen molar-refractivity contribution in [2.45, 2.75) is 51.5 Å². The molecule has 0 aromatic rings. The van der Waals surface area contributed by atoms with Gasteiger partial charge in [0.15, 0.2) is 0 Å². The van der Waals surface area contributed by atoms with E-state index in [0.29, 0.717) is 0 Å². The molecule has 0 saturated carbocycles. The van der Waals surface area contributed by atoms with Gasteiger partial charge in [0.2, 0.25) is 11.8 Å². The van der Waals surface area contributed by atoms with Crippen LogP contribution in [0.4, 0.5) is 52.7 Å². The predicted octanol–water partition coefficient (Wildman–Crippen LogP) is 5.71. The molecule has 0 fully saturated rings. The summed E-state index contributed by atoms with van der Waals surface area (Å²) in [4.78, 5) is 0. The fourth-order valence-corrected chi connectivity index (χ4v) is 3.27. The summed E-state index contributed by atoms with van der Waals surface area (Å²) >= 11 is 0. The van der Waals surface area contributed by atoms with Crippen molar-refractivity contribution in [2.75, 3.05) is 19.6 Å². The molecular formula is C13H18F12N+. The molecule has 0 rings (SSSR count). The Hall–Kier alpha value is -0.880. The minimum absolute atomic E-state index is 0.775. The number of hydrogen-bond acceptors (Lipinski definition) is 0. The largest absolute Gasteiger partial charge is 0.406 e. The van der Waals surface area contributed by atoms with Crippen LogP contribution in [0.15, 0.2) is 0 Å². The minimum Gasteiger partial charge on any atom is -0.320 e. The molecule has 13 heteroatoms. The Morgan fingerprint density at radius 2 is 0.692 bits per heavy atom. The molecule has 0 heterocycles. The smallest absolute Gasteiger partial charge is 0.320 e. The lowest BCUT2D eigenvalue weighted by Gasteiger charge is -2.50. The molecule has 0 aromatic heterocycles. The zero-order valence-electron chi connectivity index (χ0n) is 13.8. The molecule has 0 atom stereocenters. The van der Waals surface area contributed by atoms with Gasteiger partial charge in [0.1, 0.15) is 6.04 Å². The van der Waals surface area contributed by atoms with E-state index < -0.39 is 66.7 Å². The van der Waals surface area contributed by atoms with Crippen LogP contribution in [0, 0.1) is 11.8 Å². The van der Waals surface area contributed by atoms with E-state index >= 15 is 0 Å². The standard InChI is InChI=1S/C13H18F12N/c1-4-26(5-2,6-3)7(8(10(14,15)16)11(17,18)19)9(12(20,21)22)13(23,24)25/h7-9H,4-6H2,1-3H3/q+1. The van der Waals surface area contributed by atoms with Crippen molar-refractivity contribution in [3.63, 3.8) is 0 Å².